The van der Waals surface area contributed by atoms with Crippen molar-refractivity contribution in [2.75, 3.05) is 6.54 Å². The molecule has 0 saturated carbocycles. The normalized spacial score (nSPS) is 23.4. The van der Waals surface area contributed by atoms with Crippen molar-refractivity contribution >= 4 is 55.1 Å². The van der Waals surface area contributed by atoms with Crippen LogP contribution in [0.2, 0.25) is 0 Å². The minimum atomic E-state index is -1.08. The van der Waals surface area contributed by atoms with Gasteiger partial charge in [-0.3, -0.25) is 4.79 Å². The Hall–Kier alpha value is -0.400. The minimum absolute atomic E-state index is 0.214. The zero-order valence-corrected chi connectivity index (χ0v) is 13.6. The maximum Gasteiger partial charge on any atom is 0.329 e. The van der Waals surface area contributed by atoms with E-state index >= 15 is 0 Å². The van der Waals surface area contributed by atoms with E-state index in [0.717, 1.165) is 14.7 Å². The van der Waals surface area contributed by atoms with Crippen LogP contribution in [0.3, 0.4) is 0 Å². The lowest BCUT2D eigenvalue weighted by molar-refractivity contribution is -0.147. The van der Waals surface area contributed by atoms with E-state index in [0.29, 0.717) is 17.8 Å². The second kappa shape index (κ2) is 4.94. The molecule has 1 unspecified atom stereocenters. The number of nitrogens with zero attached hydrogens (tertiary/aromatic N) is 1. The fraction of sp³-hybridized carbons (Fsp3) is 0.455. The third kappa shape index (κ3) is 2.23. The van der Waals surface area contributed by atoms with Gasteiger partial charge < -0.3 is 10.0 Å². The zero-order chi connectivity index (χ0) is 13.5. The standard InChI is InChI=1S/C11H11Br2NO3S/c1-11(10(16)17)3-2-4-14(11)9(15)7-5-6(12)8(13)18-7/h5H,2-4H2,1H3,(H,16,17). The van der Waals surface area contributed by atoms with Crippen LogP contribution < -0.4 is 0 Å². The minimum Gasteiger partial charge on any atom is -0.480 e. The Kier molecular flexibility index (Phi) is 3.85. The number of amides is 1. The third-order valence-corrected chi connectivity index (χ3v) is 6.45. The molecule has 1 N–H and O–H groups in total. The van der Waals surface area contributed by atoms with Gasteiger partial charge in [-0.25, -0.2) is 4.79 Å². The summed E-state index contributed by atoms with van der Waals surface area (Å²) in [6.07, 6.45) is 1.23. The van der Waals surface area contributed by atoms with E-state index in [1.54, 1.807) is 13.0 Å². The average molecular weight is 397 g/mol. The number of carboxylic acids is 1. The van der Waals surface area contributed by atoms with Crippen molar-refractivity contribution in [3.63, 3.8) is 0 Å². The number of likely N-dealkylation sites (tertiary alicyclic amines) is 1. The Bertz CT molecular complexity index is 497. The molecule has 4 nitrogen and oxygen atoms in total. The number of carboxylic acid groups (broad SMARTS) is 1. The Balaban J connectivity index is 2.31. The smallest absolute Gasteiger partial charge is 0.329 e. The second-order valence-corrected chi connectivity index (χ2v) is 7.60. The van der Waals surface area contributed by atoms with Gasteiger partial charge in [-0.05, 0) is 57.7 Å². The first-order valence-corrected chi connectivity index (χ1v) is 7.76. The molecule has 0 aromatic carbocycles. The van der Waals surface area contributed by atoms with Crippen molar-refractivity contribution < 1.29 is 14.7 Å². The molecule has 2 heterocycles. The Morgan fingerprint density at radius 3 is 2.67 bits per heavy atom. The summed E-state index contributed by atoms with van der Waals surface area (Å²) >= 11 is 7.97. The van der Waals surface area contributed by atoms with Gasteiger partial charge in [0.25, 0.3) is 5.91 Å². The molecule has 1 aliphatic heterocycles. The largest absolute Gasteiger partial charge is 0.480 e. The predicted molar refractivity (Wildman–Crippen MR) is 76.0 cm³/mol. The number of carbonyl (C=O) groups excluding carboxylic acids is 1. The molecule has 1 amide bonds. The molecular weight excluding hydrogens is 386 g/mol. The van der Waals surface area contributed by atoms with Gasteiger partial charge in [0.05, 0.1) is 8.66 Å². The first-order chi connectivity index (χ1) is 8.36. The van der Waals surface area contributed by atoms with Crippen molar-refractivity contribution in [2.24, 2.45) is 0 Å². The molecular formula is C11H11Br2NO3S. The summed E-state index contributed by atoms with van der Waals surface area (Å²) in [5, 5.41) is 9.29. The van der Waals surface area contributed by atoms with Gasteiger partial charge in [-0.2, -0.15) is 0 Å². The molecule has 1 saturated heterocycles. The molecule has 98 valence electrons. The quantitative estimate of drug-likeness (QED) is 0.833. The van der Waals surface area contributed by atoms with Crippen molar-refractivity contribution in [1.29, 1.82) is 0 Å². The van der Waals surface area contributed by atoms with Gasteiger partial charge in [-0.15, -0.1) is 11.3 Å². The first kappa shape index (κ1) is 14.0. The SMILES string of the molecule is CC1(C(=O)O)CCCN1C(=O)c1cc(Br)c(Br)s1. The summed E-state index contributed by atoms with van der Waals surface area (Å²) in [4.78, 5) is 25.7. The third-order valence-electron chi connectivity index (χ3n) is 3.20. The maximum absolute atomic E-state index is 12.4. The van der Waals surface area contributed by atoms with Crippen LogP contribution in [0, 0.1) is 0 Å². The number of hydrogen-bond acceptors (Lipinski definition) is 3. The van der Waals surface area contributed by atoms with Crippen LogP contribution in [0.4, 0.5) is 0 Å². The van der Waals surface area contributed by atoms with Crippen molar-refractivity contribution in [3.8, 4) is 0 Å². The number of thiophene rings is 1. The van der Waals surface area contributed by atoms with Crippen LogP contribution in [-0.2, 0) is 4.79 Å². The fourth-order valence-electron chi connectivity index (χ4n) is 2.10. The van der Waals surface area contributed by atoms with Gasteiger partial charge in [0.15, 0.2) is 0 Å². The Morgan fingerprint density at radius 2 is 2.17 bits per heavy atom. The lowest BCUT2D eigenvalue weighted by atomic mass is 9.99. The predicted octanol–water partition coefficient (Wildman–Crippen LogP) is 3.35. The topological polar surface area (TPSA) is 57.6 Å². The Labute approximate surface area is 125 Å². The van der Waals surface area contributed by atoms with Crippen molar-refractivity contribution in [2.45, 2.75) is 25.3 Å². The van der Waals surface area contributed by atoms with E-state index in [-0.39, 0.29) is 5.91 Å². The van der Waals surface area contributed by atoms with Gasteiger partial charge in [0.2, 0.25) is 0 Å². The molecule has 1 atom stereocenters. The molecule has 0 aliphatic carbocycles. The lowest BCUT2D eigenvalue weighted by Crippen LogP contribution is -2.50. The molecule has 1 aliphatic rings. The van der Waals surface area contributed by atoms with Crippen LogP contribution in [-0.4, -0.2) is 34.0 Å². The van der Waals surface area contributed by atoms with E-state index in [1.807, 2.05) is 0 Å². The summed E-state index contributed by atoms with van der Waals surface area (Å²) < 4.78 is 1.65. The van der Waals surface area contributed by atoms with E-state index in [2.05, 4.69) is 31.9 Å². The van der Waals surface area contributed by atoms with E-state index in [1.165, 1.54) is 16.2 Å². The lowest BCUT2D eigenvalue weighted by Gasteiger charge is -2.30. The highest BCUT2D eigenvalue weighted by atomic mass is 79.9. The van der Waals surface area contributed by atoms with Gasteiger partial charge in [0.1, 0.15) is 5.54 Å². The highest BCUT2D eigenvalue weighted by molar-refractivity contribution is 9.13. The van der Waals surface area contributed by atoms with Gasteiger partial charge >= 0.3 is 5.97 Å². The highest BCUT2D eigenvalue weighted by Gasteiger charge is 2.46. The summed E-state index contributed by atoms with van der Waals surface area (Å²) in [6, 6.07) is 1.72. The summed E-state index contributed by atoms with van der Waals surface area (Å²) in [5.74, 6) is -1.16. The molecule has 0 bridgehead atoms. The molecule has 2 rings (SSSR count). The molecule has 7 heteroatoms. The van der Waals surface area contributed by atoms with Crippen LogP contribution in [0.15, 0.2) is 14.3 Å². The van der Waals surface area contributed by atoms with Crippen LogP contribution in [0.1, 0.15) is 29.4 Å². The molecule has 1 fully saturated rings. The molecule has 0 radical (unpaired) electrons. The Morgan fingerprint density at radius 1 is 1.50 bits per heavy atom. The van der Waals surface area contributed by atoms with Gasteiger partial charge in [-0.1, -0.05) is 0 Å². The van der Waals surface area contributed by atoms with Crippen LogP contribution in [0.5, 0.6) is 0 Å². The fourth-order valence-corrected chi connectivity index (χ4v) is 4.08. The molecule has 0 spiro atoms. The van der Waals surface area contributed by atoms with Crippen LogP contribution >= 0.6 is 43.2 Å². The summed E-state index contributed by atoms with van der Waals surface area (Å²) in [5.41, 5.74) is -1.08. The number of hydrogen-bond donors (Lipinski definition) is 1. The number of aliphatic carboxylic acids is 1. The highest BCUT2D eigenvalue weighted by Crippen LogP contribution is 2.36. The van der Waals surface area contributed by atoms with Gasteiger partial charge in [0, 0.05) is 11.0 Å². The van der Waals surface area contributed by atoms with Crippen molar-refractivity contribution in [1.82, 2.24) is 4.90 Å². The summed E-state index contributed by atoms with van der Waals surface area (Å²) in [7, 11) is 0. The molecule has 1 aromatic rings. The zero-order valence-electron chi connectivity index (χ0n) is 9.57. The van der Waals surface area contributed by atoms with Crippen LogP contribution in [0.25, 0.3) is 0 Å². The van der Waals surface area contributed by atoms with E-state index in [9.17, 15) is 14.7 Å². The monoisotopic (exact) mass is 395 g/mol. The second-order valence-electron chi connectivity index (χ2n) is 4.37. The molecule has 18 heavy (non-hydrogen) atoms. The van der Waals surface area contributed by atoms with Crippen molar-refractivity contribution in [3.05, 3.63) is 19.2 Å². The first-order valence-electron chi connectivity index (χ1n) is 5.36. The average Bonchev–Trinajstić information content (AvgIpc) is 2.84. The van der Waals surface area contributed by atoms with E-state index < -0.39 is 11.5 Å². The number of carbonyl (C=O) groups is 2. The molecule has 1 aromatic heterocycles. The number of halogens is 2. The van der Waals surface area contributed by atoms with E-state index in [4.69, 9.17) is 0 Å². The summed E-state index contributed by atoms with van der Waals surface area (Å²) in [6.45, 7) is 2.10. The maximum atomic E-state index is 12.4. The number of rotatable bonds is 2.